The summed E-state index contributed by atoms with van der Waals surface area (Å²) in [5.41, 5.74) is 31.3. The molecule has 0 nitrogen and oxygen atoms in total. The van der Waals surface area contributed by atoms with Crippen molar-refractivity contribution in [2.24, 2.45) is 0 Å². The maximum absolute atomic E-state index is 2.63. The summed E-state index contributed by atoms with van der Waals surface area (Å²) in [5.74, 6) is 0. The van der Waals surface area contributed by atoms with Gasteiger partial charge in [0.15, 0.2) is 0 Å². The highest BCUT2D eigenvalue weighted by Crippen LogP contribution is 2.59. The fourth-order valence-corrected chi connectivity index (χ4v) is 15.4. The van der Waals surface area contributed by atoms with E-state index in [0.29, 0.717) is 0 Å². The first-order chi connectivity index (χ1) is 37.1. The van der Waals surface area contributed by atoms with Crippen molar-refractivity contribution in [1.29, 1.82) is 0 Å². The average molecular weight is 1010 g/mol. The molecule has 0 saturated heterocycles. The molecule has 0 spiro atoms. The van der Waals surface area contributed by atoms with Gasteiger partial charge in [0.1, 0.15) is 0 Å². The molecule has 0 heteroatoms. The molecule has 0 atom stereocenters. The lowest BCUT2D eigenvalue weighted by molar-refractivity contribution is 0.435. The van der Waals surface area contributed by atoms with Crippen LogP contribution in [0.4, 0.5) is 0 Å². The molecule has 3 aliphatic rings. The Kier molecular flexibility index (Phi) is 13.9. The summed E-state index contributed by atoms with van der Waals surface area (Å²) in [6.45, 7) is 28.2. The van der Waals surface area contributed by atoms with Gasteiger partial charge in [-0.15, -0.1) is 0 Å². The molecule has 0 bridgehead atoms. The number of rotatable bonds is 16. The van der Waals surface area contributed by atoms with Crippen molar-refractivity contribution in [2.75, 3.05) is 0 Å². The lowest BCUT2D eigenvalue weighted by Crippen LogP contribution is -2.25. The third-order valence-corrected chi connectivity index (χ3v) is 19.0. The van der Waals surface area contributed by atoms with Gasteiger partial charge in [-0.25, -0.2) is 0 Å². The lowest BCUT2D eigenvalue weighted by atomic mass is 9.70. The molecule has 11 rings (SSSR count). The van der Waals surface area contributed by atoms with Crippen LogP contribution in [0.3, 0.4) is 0 Å². The van der Waals surface area contributed by atoms with Crippen molar-refractivity contribution in [1.82, 2.24) is 0 Å². The van der Waals surface area contributed by atoms with Crippen LogP contribution in [0.25, 0.3) is 77.9 Å². The molecular weight excluding hydrogens is 925 g/mol. The van der Waals surface area contributed by atoms with Crippen LogP contribution in [0.2, 0.25) is 0 Å². The Bertz CT molecular complexity index is 3240. The number of hydrogen-bond acceptors (Lipinski definition) is 0. The predicted octanol–water partition coefficient (Wildman–Crippen LogP) is 22.5. The van der Waals surface area contributed by atoms with Crippen LogP contribution < -0.4 is 0 Å². The molecule has 0 aliphatic heterocycles. The number of fused-ring (bicyclic) bond motifs is 9. The van der Waals surface area contributed by atoms with Gasteiger partial charge in [-0.1, -0.05) is 243 Å². The topological polar surface area (TPSA) is 0 Å². The van der Waals surface area contributed by atoms with Gasteiger partial charge in [0.2, 0.25) is 0 Å². The molecule has 0 N–H and O–H groups in total. The van der Waals surface area contributed by atoms with E-state index in [1.54, 1.807) is 0 Å². The van der Waals surface area contributed by atoms with E-state index in [4.69, 9.17) is 0 Å². The summed E-state index contributed by atoms with van der Waals surface area (Å²) in [5, 5.41) is 0. The third-order valence-electron chi connectivity index (χ3n) is 19.0. The quantitative estimate of drug-likeness (QED) is 0.0905. The van der Waals surface area contributed by atoms with Gasteiger partial charge >= 0.3 is 0 Å². The predicted molar refractivity (Wildman–Crippen MR) is 334 cm³/mol. The van der Waals surface area contributed by atoms with Crippen LogP contribution in [0, 0.1) is 0 Å². The van der Waals surface area contributed by atoms with Crippen molar-refractivity contribution in [3.63, 3.8) is 0 Å². The average Bonchev–Trinajstić information content (AvgIpc) is 4.07. The molecular formula is C77H86. The minimum atomic E-state index is -0.0502. The molecule has 0 radical (unpaired) electrons. The van der Waals surface area contributed by atoms with E-state index < -0.39 is 0 Å². The maximum atomic E-state index is 2.63. The van der Waals surface area contributed by atoms with Crippen LogP contribution in [0.5, 0.6) is 0 Å². The number of benzene rings is 8. The molecule has 0 fully saturated rings. The molecule has 0 heterocycles. The first-order valence-electron chi connectivity index (χ1n) is 30.2. The summed E-state index contributed by atoms with van der Waals surface area (Å²) >= 11 is 0. The van der Waals surface area contributed by atoms with Gasteiger partial charge < -0.3 is 0 Å². The second kappa shape index (κ2) is 20.2. The van der Waals surface area contributed by atoms with Gasteiger partial charge in [0.05, 0.1) is 0 Å². The largest absolute Gasteiger partial charge is 0.0653 e. The minimum absolute atomic E-state index is 0.0158. The maximum Gasteiger partial charge on any atom is 0.0215 e. The van der Waals surface area contributed by atoms with E-state index in [1.807, 2.05) is 0 Å². The van der Waals surface area contributed by atoms with Crippen LogP contribution in [0.1, 0.15) is 205 Å². The van der Waals surface area contributed by atoms with E-state index in [9.17, 15) is 0 Å². The first kappa shape index (κ1) is 52.8. The van der Waals surface area contributed by atoms with Gasteiger partial charge in [-0.3, -0.25) is 0 Å². The van der Waals surface area contributed by atoms with E-state index in [-0.39, 0.29) is 27.1 Å². The summed E-state index contributed by atoms with van der Waals surface area (Å²) in [6, 6.07) is 63.7. The smallest absolute Gasteiger partial charge is 0.0215 e. The van der Waals surface area contributed by atoms with Gasteiger partial charge in [0.25, 0.3) is 0 Å². The minimum Gasteiger partial charge on any atom is -0.0653 e. The Hall–Kier alpha value is -6.24. The van der Waals surface area contributed by atoms with Crippen LogP contribution in [0.15, 0.2) is 158 Å². The van der Waals surface area contributed by atoms with Crippen molar-refractivity contribution in [2.45, 2.75) is 187 Å². The number of hydrogen-bond donors (Lipinski definition) is 0. The van der Waals surface area contributed by atoms with Crippen molar-refractivity contribution in [3.8, 4) is 77.9 Å². The summed E-state index contributed by atoms with van der Waals surface area (Å²) in [4.78, 5) is 0. The van der Waals surface area contributed by atoms with Crippen LogP contribution in [-0.2, 0) is 27.1 Å². The lowest BCUT2D eigenvalue weighted by Gasteiger charge is -2.33. The second-order valence-corrected chi connectivity index (χ2v) is 26.0. The second-order valence-electron chi connectivity index (χ2n) is 26.0. The monoisotopic (exact) mass is 1010 g/mol. The van der Waals surface area contributed by atoms with E-state index in [2.05, 4.69) is 241 Å². The van der Waals surface area contributed by atoms with Crippen molar-refractivity contribution < 1.29 is 0 Å². The molecule has 0 amide bonds. The Balaban J connectivity index is 0.968. The molecule has 394 valence electrons. The van der Waals surface area contributed by atoms with Crippen LogP contribution >= 0.6 is 0 Å². The molecule has 8 aromatic carbocycles. The van der Waals surface area contributed by atoms with Crippen molar-refractivity contribution in [3.05, 3.63) is 202 Å². The molecule has 77 heavy (non-hydrogen) atoms. The molecule has 0 saturated carbocycles. The first-order valence-corrected chi connectivity index (χ1v) is 30.2. The van der Waals surface area contributed by atoms with Gasteiger partial charge in [-0.2, -0.15) is 0 Å². The summed E-state index contributed by atoms with van der Waals surface area (Å²) in [7, 11) is 0. The van der Waals surface area contributed by atoms with Gasteiger partial charge in [-0.05, 0) is 208 Å². The standard InChI is InChI=1S/C77H86/c1-13-39-75(40-14-2)67-45-53(51-19-29-59(30-20-51)73(7,8)9)23-33-61(67)63-35-25-55(47-69(63)75)57-27-37-65-66-38-28-58(50-72(66)77(43-17-5,44-18-6)71(65)49-57)56-26-36-64-62-34-24-54(52-21-31-60(32-22-52)74(10,11)12)46-68(62)76(41-15-3,42-16-4)70(64)48-56/h19-38,45-50H,13-18,39-44H2,1-12H3. The molecule has 3 aliphatic carbocycles. The van der Waals surface area contributed by atoms with E-state index >= 15 is 0 Å². The SMILES string of the molecule is CCCC1(CCC)c2cc(-c3ccc(C(C)(C)C)cc3)ccc2-c2ccc(-c3ccc4c(c3)C(CCC)(CCC)c3cc(-c5ccc6c(c5)C(CCC)(CCC)c5cc(-c7ccc(C(C)(C)C)cc7)ccc5-6)ccc3-4)cc21. The normalized spacial score (nSPS) is 15.2. The van der Waals surface area contributed by atoms with Crippen LogP contribution in [-0.4, -0.2) is 0 Å². The van der Waals surface area contributed by atoms with Gasteiger partial charge in [0, 0.05) is 16.2 Å². The fourth-order valence-electron chi connectivity index (χ4n) is 15.4. The highest BCUT2D eigenvalue weighted by molar-refractivity contribution is 5.91. The zero-order chi connectivity index (χ0) is 54.1. The van der Waals surface area contributed by atoms with Crippen molar-refractivity contribution >= 4 is 0 Å². The highest BCUT2D eigenvalue weighted by Gasteiger charge is 2.46. The zero-order valence-electron chi connectivity index (χ0n) is 49.0. The summed E-state index contributed by atoms with van der Waals surface area (Å²) < 4.78 is 0. The summed E-state index contributed by atoms with van der Waals surface area (Å²) in [6.07, 6.45) is 13.8. The third kappa shape index (κ3) is 8.71. The molecule has 0 unspecified atom stereocenters. The molecule has 8 aromatic rings. The molecule has 0 aromatic heterocycles. The highest BCUT2D eigenvalue weighted by atomic mass is 14.5. The Morgan fingerprint density at radius 3 is 0.571 bits per heavy atom. The zero-order valence-corrected chi connectivity index (χ0v) is 49.0. The Morgan fingerprint density at radius 1 is 0.234 bits per heavy atom. The fraction of sp³-hybridized carbons (Fsp3) is 0.377. The van der Waals surface area contributed by atoms with E-state index in [1.165, 1.54) is 122 Å². The Morgan fingerprint density at radius 2 is 0.403 bits per heavy atom. The van der Waals surface area contributed by atoms with E-state index in [0.717, 1.165) is 77.0 Å². The Labute approximate surface area is 464 Å².